The molecule has 1 aromatic heterocycles. The molecule has 2 amide bonds. The van der Waals surface area contributed by atoms with E-state index in [2.05, 4.69) is 34.6 Å². The first-order valence-electron chi connectivity index (χ1n) is 7.71. The second-order valence-corrected chi connectivity index (χ2v) is 7.26. The van der Waals surface area contributed by atoms with Crippen LogP contribution in [0.15, 0.2) is 35.8 Å². The first-order chi connectivity index (χ1) is 10.7. The summed E-state index contributed by atoms with van der Waals surface area (Å²) in [6, 6.07) is 8.53. The Bertz CT molecular complexity index is 694. The van der Waals surface area contributed by atoms with E-state index in [-0.39, 0.29) is 17.5 Å². The Morgan fingerprint density at radius 3 is 2.95 bits per heavy atom. The Kier molecular flexibility index (Phi) is 3.18. The maximum absolute atomic E-state index is 12.6. The van der Waals surface area contributed by atoms with Crippen molar-refractivity contribution in [1.29, 1.82) is 0 Å². The average molecular weight is 313 g/mol. The monoisotopic (exact) mass is 313 g/mol. The van der Waals surface area contributed by atoms with Crippen LogP contribution >= 0.6 is 11.3 Å². The lowest BCUT2D eigenvalue weighted by atomic mass is 9.87. The van der Waals surface area contributed by atoms with Gasteiger partial charge in [0.15, 0.2) is 0 Å². The molecule has 1 atom stereocenters. The number of fused-ring (bicyclic) bond motifs is 2. The molecule has 2 aliphatic rings. The molecule has 1 saturated carbocycles. The van der Waals surface area contributed by atoms with Crippen LogP contribution in [0, 0.1) is 0 Å². The van der Waals surface area contributed by atoms with E-state index >= 15 is 0 Å². The van der Waals surface area contributed by atoms with Crippen LogP contribution in [0.25, 0.3) is 0 Å². The van der Waals surface area contributed by atoms with Gasteiger partial charge in [-0.05, 0) is 30.9 Å². The molecule has 114 valence electrons. The second kappa shape index (κ2) is 5.09. The Labute approximate surface area is 134 Å². The molecule has 4 nitrogen and oxygen atoms in total. The van der Waals surface area contributed by atoms with E-state index in [1.807, 2.05) is 17.2 Å². The minimum Gasteiger partial charge on any atom is -0.329 e. The highest BCUT2D eigenvalue weighted by atomic mass is 32.1. The number of rotatable bonds is 2. The molecule has 1 aliphatic carbocycles. The molecule has 22 heavy (non-hydrogen) atoms. The lowest BCUT2D eigenvalue weighted by Crippen LogP contribution is -2.47. The highest BCUT2D eigenvalue weighted by Gasteiger charge is 2.49. The normalized spacial score (nSPS) is 19.6. The van der Waals surface area contributed by atoms with Gasteiger partial charge in [-0.25, -0.2) is 9.78 Å². The van der Waals surface area contributed by atoms with E-state index in [0.29, 0.717) is 6.54 Å². The van der Waals surface area contributed by atoms with Gasteiger partial charge in [0.2, 0.25) is 0 Å². The lowest BCUT2D eigenvalue weighted by Gasteiger charge is -2.35. The summed E-state index contributed by atoms with van der Waals surface area (Å²) in [4.78, 5) is 18.9. The van der Waals surface area contributed by atoms with Crippen LogP contribution in [-0.2, 0) is 12.0 Å². The quantitative estimate of drug-likeness (QED) is 0.923. The van der Waals surface area contributed by atoms with Crippen molar-refractivity contribution in [2.24, 2.45) is 0 Å². The molecule has 1 spiro atoms. The van der Waals surface area contributed by atoms with Gasteiger partial charge in [-0.1, -0.05) is 24.3 Å². The summed E-state index contributed by atoms with van der Waals surface area (Å²) in [6.07, 6.45) is 4.16. The highest BCUT2D eigenvalue weighted by molar-refractivity contribution is 7.09. The molecular formula is C17H19N3OS. The van der Waals surface area contributed by atoms with Gasteiger partial charge in [0.25, 0.3) is 0 Å². The number of hydrogen-bond acceptors (Lipinski definition) is 3. The molecule has 0 radical (unpaired) electrons. The first kappa shape index (κ1) is 13.8. The molecule has 1 aliphatic heterocycles. The van der Waals surface area contributed by atoms with Crippen molar-refractivity contribution in [2.45, 2.75) is 37.8 Å². The minimum atomic E-state index is -0.0418. The van der Waals surface area contributed by atoms with Crippen molar-refractivity contribution in [1.82, 2.24) is 15.2 Å². The van der Waals surface area contributed by atoms with Crippen LogP contribution in [0.5, 0.6) is 0 Å². The molecule has 2 aromatic rings. The van der Waals surface area contributed by atoms with Gasteiger partial charge >= 0.3 is 6.03 Å². The van der Waals surface area contributed by atoms with E-state index < -0.39 is 0 Å². The topological polar surface area (TPSA) is 45.2 Å². The molecule has 2 heterocycles. The number of urea groups is 1. The Morgan fingerprint density at radius 2 is 2.23 bits per heavy atom. The summed E-state index contributed by atoms with van der Waals surface area (Å²) in [5.74, 6) is 0. The molecule has 1 aromatic carbocycles. The summed E-state index contributed by atoms with van der Waals surface area (Å²) >= 11 is 1.58. The van der Waals surface area contributed by atoms with Crippen LogP contribution < -0.4 is 5.32 Å². The number of hydrogen-bond donors (Lipinski definition) is 1. The maximum Gasteiger partial charge on any atom is 0.318 e. The Balaban J connectivity index is 1.51. The molecule has 5 heteroatoms. The van der Waals surface area contributed by atoms with Gasteiger partial charge in [0.05, 0.1) is 6.04 Å². The summed E-state index contributed by atoms with van der Waals surface area (Å²) in [5, 5.41) is 5.97. The van der Waals surface area contributed by atoms with Gasteiger partial charge in [-0.3, -0.25) is 0 Å². The zero-order chi connectivity index (χ0) is 15.2. The fourth-order valence-corrected chi connectivity index (χ4v) is 4.04. The zero-order valence-corrected chi connectivity index (χ0v) is 13.4. The largest absolute Gasteiger partial charge is 0.329 e. The number of nitrogens with zero attached hydrogens (tertiary/aromatic N) is 2. The number of amides is 2. The van der Waals surface area contributed by atoms with Crippen LogP contribution in [0.4, 0.5) is 4.79 Å². The predicted octanol–water partition coefficient (Wildman–Crippen LogP) is 3.46. The van der Waals surface area contributed by atoms with Crippen molar-refractivity contribution >= 4 is 17.4 Å². The standard InChI is InChI=1S/C17H19N3OS/c1-12(15-18-8-9-22-15)19-16(21)20-10-13-4-2-3-5-14(13)17(11-20)6-7-17/h2-5,8-9,12H,6-7,10-11H2,1H3,(H,19,21)/t12-/m1/s1. The molecule has 4 rings (SSSR count). The van der Waals surface area contributed by atoms with Crippen LogP contribution in [0.2, 0.25) is 0 Å². The minimum absolute atomic E-state index is 0.0171. The van der Waals surface area contributed by atoms with Crippen LogP contribution in [0.1, 0.15) is 41.9 Å². The molecule has 0 bridgehead atoms. The van der Waals surface area contributed by atoms with E-state index in [0.717, 1.165) is 11.6 Å². The zero-order valence-electron chi connectivity index (χ0n) is 12.6. The highest BCUT2D eigenvalue weighted by Crippen LogP contribution is 2.52. The van der Waals surface area contributed by atoms with Gasteiger partial charge in [0, 0.05) is 30.1 Å². The molecule has 1 fully saturated rings. The van der Waals surface area contributed by atoms with Gasteiger partial charge in [-0.2, -0.15) is 0 Å². The number of benzene rings is 1. The maximum atomic E-state index is 12.6. The Morgan fingerprint density at radius 1 is 1.41 bits per heavy atom. The van der Waals surface area contributed by atoms with Crippen molar-refractivity contribution in [3.05, 3.63) is 52.0 Å². The predicted molar refractivity (Wildman–Crippen MR) is 86.8 cm³/mol. The van der Waals surface area contributed by atoms with Crippen LogP contribution in [-0.4, -0.2) is 22.5 Å². The Hall–Kier alpha value is -1.88. The summed E-state index contributed by atoms with van der Waals surface area (Å²) in [5.41, 5.74) is 2.96. The lowest BCUT2D eigenvalue weighted by molar-refractivity contribution is 0.180. The number of thiazole rings is 1. The van der Waals surface area contributed by atoms with E-state index in [9.17, 15) is 4.79 Å². The molecule has 1 N–H and O–H groups in total. The SMILES string of the molecule is C[C@@H](NC(=O)N1Cc2ccccc2C2(CC2)C1)c1nccs1. The van der Waals surface area contributed by atoms with Crippen molar-refractivity contribution < 1.29 is 4.79 Å². The van der Waals surface area contributed by atoms with Crippen LogP contribution in [0.3, 0.4) is 0 Å². The molecule has 0 saturated heterocycles. The smallest absolute Gasteiger partial charge is 0.318 e. The first-order valence-corrected chi connectivity index (χ1v) is 8.59. The number of aromatic nitrogens is 1. The van der Waals surface area contributed by atoms with Gasteiger partial charge in [-0.15, -0.1) is 11.3 Å². The molecule has 0 unspecified atom stereocenters. The second-order valence-electron chi connectivity index (χ2n) is 6.34. The van der Waals surface area contributed by atoms with E-state index in [1.165, 1.54) is 24.0 Å². The van der Waals surface area contributed by atoms with Crippen molar-refractivity contribution in [3.8, 4) is 0 Å². The van der Waals surface area contributed by atoms with E-state index in [1.54, 1.807) is 17.5 Å². The summed E-state index contributed by atoms with van der Waals surface area (Å²) in [6.45, 7) is 3.52. The molecular weight excluding hydrogens is 294 g/mol. The van der Waals surface area contributed by atoms with Gasteiger partial charge in [0.1, 0.15) is 5.01 Å². The average Bonchev–Trinajstić information content (AvgIpc) is 3.08. The number of carbonyl (C=O) groups excluding carboxylic acids is 1. The third-order valence-corrected chi connectivity index (χ3v) is 5.70. The number of nitrogens with one attached hydrogen (secondary N) is 1. The van der Waals surface area contributed by atoms with Crippen molar-refractivity contribution in [2.75, 3.05) is 6.54 Å². The third-order valence-electron chi connectivity index (χ3n) is 4.75. The van der Waals surface area contributed by atoms with Crippen molar-refractivity contribution in [3.63, 3.8) is 0 Å². The van der Waals surface area contributed by atoms with E-state index in [4.69, 9.17) is 0 Å². The fourth-order valence-electron chi connectivity index (χ4n) is 3.40. The third kappa shape index (κ3) is 2.29. The fraction of sp³-hybridized carbons (Fsp3) is 0.412. The van der Waals surface area contributed by atoms with Gasteiger partial charge < -0.3 is 10.2 Å². The number of carbonyl (C=O) groups is 1. The summed E-state index contributed by atoms with van der Waals surface area (Å²) in [7, 11) is 0. The summed E-state index contributed by atoms with van der Waals surface area (Å²) < 4.78 is 0.